The maximum absolute atomic E-state index is 12.3. The fourth-order valence-corrected chi connectivity index (χ4v) is 2.87. The second-order valence-electron chi connectivity index (χ2n) is 5.55. The number of hydrogen-bond donors (Lipinski definition) is 1. The predicted octanol–water partition coefficient (Wildman–Crippen LogP) is 5.85. The summed E-state index contributed by atoms with van der Waals surface area (Å²) in [6.07, 6.45) is -0.694. The van der Waals surface area contributed by atoms with Crippen LogP contribution >= 0.6 is 46.4 Å². The van der Waals surface area contributed by atoms with Crippen molar-refractivity contribution in [3.63, 3.8) is 0 Å². The molecule has 0 bridgehead atoms. The Morgan fingerprint density at radius 3 is 1.42 bits per heavy atom. The van der Waals surface area contributed by atoms with Crippen molar-refractivity contribution in [2.75, 3.05) is 0 Å². The summed E-state index contributed by atoms with van der Waals surface area (Å²) in [6.45, 7) is 0. The topological polar surface area (TPSA) is 71.4 Å². The van der Waals surface area contributed by atoms with Crippen molar-refractivity contribution in [2.45, 2.75) is 12.8 Å². The van der Waals surface area contributed by atoms with Crippen molar-refractivity contribution in [1.82, 2.24) is 0 Å². The van der Waals surface area contributed by atoms with Crippen LogP contribution in [0.15, 0.2) is 36.4 Å². The van der Waals surface area contributed by atoms with Gasteiger partial charge < -0.3 is 5.11 Å². The van der Waals surface area contributed by atoms with Crippen molar-refractivity contribution in [3.8, 4) is 0 Å². The molecule has 0 fully saturated rings. The van der Waals surface area contributed by atoms with Crippen molar-refractivity contribution in [3.05, 3.63) is 67.6 Å². The number of Topliss-reactive ketones (excluding diaryl/α,β-unsaturated/α-hetero) is 2. The molecule has 4 nitrogen and oxygen atoms in total. The monoisotopic (exact) mass is 432 g/mol. The molecule has 2 rings (SSSR count). The van der Waals surface area contributed by atoms with Crippen molar-refractivity contribution in [2.24, 2.45) is 5.92 Å². The number of carboxylic acids is 1. The van der Waals surface area contributed by atoms with Crippen LogP contribution < -0.4 is 0 Å². The Balaban J connectivity index is 2.14. The minimum absolute atomic E-state index is 0.191. The fraction of sp³-hybridized carbons (Fsp3) is 0.167. The molecule has 0 aliphatic carbocycles. The van der Waals surface area contributed by atoms with E-state index in [1.807, 2.05) is 0 Å². The Hall–Kier alpha value is -1.59. The molecule has 0 saturated carbocycles. The zero-order valence-corrected chi connectivity index (χ0v) is 16.2. The summed E-state index contributed by atoms with van der Waals surface area (Å²) in [5.41, 5.74) is 0.459. The van der Waals surface area contributed by atoms with Crippen LogP contribution in [0.1, 0.15) is 33.6 Å². The number of carbonyl (C=O) groups excluding carboxylic acids is 2. The van der Waals surface area contributed by atoms with Crippen molar-refractivity contribution >= 4 is 63.9 Å². The zero-order chi connectivity index (χ0) is 19.4. The van der Waals surface area contributed by atoms with Crippen LogP contribution in [0.2, 0.25) is 20.1 Å². The number of carbonyl (C=O) groups is 3. The average Bonchev–Trinajstić information content (AvgIpc) is 2.58. The van der Waals surface area contributed by atoms with E-state index in [1.54, 1.807) is 0 Å². The lowest BCUT2D eigenvalue weighted by Gasteiger charge is -2.12. The SMILES string of the molecule is O=C(CC(CC(=O)c1ccc(Cl)c(Cl)c1)C(=O)O)c1ccc(Cl)c(Cl)c1. The van der Waals surface area contributed by atoms with Crippen LogP contribution in [0.25, 0.3) is 0 Å². The molecule has 0 aliphatic heterocycles. The number of halogens is 4. The first-order chi connectivity index (χ1) is 12.2. The average molecular weight is 434 g/mol. The number of benzene rings is 2. The smallest absolute Gasteiger partial charge is 0.307 e. The largest absolute Gasteiger partial charge is 0.481 e. The zero-order valence-electron chi connectivity index (χ0n) is 13.1. The van der Waals surface area contributed by atoms with Gasteiger partial charge in [-0.3, -0.25) is 14.4 Å². The van der Waals surface area contributed by atoms with Gasteiger partial charge in [0.2, 0.25) is 0 Å². The summed E-state index contributed by atoms with van der Waals surface area (Å²) in [6, 6.07) is 8.55. The molecule has 0 radical (unpaired) electrons. The van der Waals surface area contributed by atoms with E-state index in [0.717, 1.165) is 0 Å². The second-order valence-corrected chi connectivity index (χ2v) is 7.18. The first-order valence-electron chi connectivity index (χ1n) is 7.38. The van der Waals surface area contributed by atoms with Gasteiger partial charge in [-0.2, -0.15) is 0 Å². The highest BCUT2D eigenvalue weighted by Crippen LogP contribution is 2.26. The normalized spacial score (nSPS) is 10.8. The Labute approximate surface area is 169 Å². The van der Waals surface area contributed by atoms with Gasteiger partial charge in [-0.1, -0.05) is 46.4 Å². The summed E-state index contributed by atoms with van der Waals surface area (Å²) in [5.74, 6) is -3.32. The number of aliphatic carboxylic acids is 1. The summed E-state index contributed by atoms with van der Waals surface area (Å²) in [4.78, 5) is 36.1. The first-order valence-corrected chi connectivity index (χ1v) is 8.89. The van der Waals surface area contributed by atoms with Crippen LogP contribution in [-0.2, 0) is 4.79 Å². The maximum Gasteiger partial charge on any atom is 0.307 e. The minimum atomic E-state index is -1.24. The van der Waals surface area contributed by atoms with Gasteiger partial charge in [0.25, 0.3) is 0 Å². The van der Waals surface area contributed by atoms with Crippen LogP contribution in [0.3, 0.4) is 0 Å². The molecular formula is C18H12Cl4O4. The van der Waals surface area contributed by atoms with Gasteiger partial charge in [0, 0.05) is 24.0 Å². The Bertz CT molecular complexity index is 814. The summed E-state index contributed by atoms with van der Waals surface area (Å²) in [7, 11) is 0. The quantitative estimate of drug-likeness (QED) is 0.556. The lowest BCUT2D eigenvalue weighted by Crippen LogP contribution is -2.21. The standard InChI is InChI=1S/C18H12Cl4O4/c19-12-3-1-9(5-14(12)21)16(23)7-11(18(25)26)8-17(24)10-2-4-13(20)15(22)6-10/h1-6,11H,7-8H2,(H,25,26). The van der Waals surface area contributed by atoms with Crippen LogP contribution in [0.5, 0.6) is 0 Å². The highest BCUT2D eigenvalue weighted by molar-refractivity contribution is 6.42. The van der Waals surface area contributed by atoms with Crippen molar-refractivity contribution < 1.29 is 19.5 Å². The molecule has 0 atom stereocenters. The Morgan fingerprint density at radius 1 is 0.731 bits per heavy atom. The molecule has 0 spiro atoms. The molecular weight excluding hydrogens is 422 g/mol. The van der Waals surface area contributed by atoms with E-state index in [0.29, 0.717) is 0 Å². The molecule has 0 aromatic heterocycles. The molecule has 0 unspecified atom stereocenters. The molecule has 2 aromatic carbocycles. The van der Waals surface area contributed by atoms with E-state index in [1.165, 1.54) is 36.4 Å². The van der Waals surface area contributed by atoms with Crippen molar-refractivity contribution in [1.29, 1.82) is 0 Å². The summed E-state index contributed by atoms with van der Waals surface area (Å²) < 4.78 is 0. The first kappa shape index (κ1) is 20.7. The Morgan fingerprint density at radius 2 is 1.12 bits per heavy atom. The molecule has 136 valence electrons. The molecule has 0 aliphatic rings. The van der Waals surface area contributed by atoms with E-state index in [2.05, 4.69) is 0 Å². The van der Waals surface area contributed by atoms with Crippen LogP contribution in [-0.4, -0.2) is 22.6 Å². The van der Waals surface area contributed by atoms with E-state index >= 15 is 0 Å². The van der Waals surface area contributed by atoms with Crippen LogP contribution in [0, 0.1) is 5.92 Å². The highest BCUT2D eigenvalue weighted by atomic mass is 35.5. The van der Waals surface area contributed by atoms with Gasteiger partial charge in [0.1, 0.15) is 0 Å². The van der Waals surface area contributed by atoms with Gasteiger partial charge >= 0.3 is 5.97 Å². The lowest BCUT2D eigenvalue weighted by atomic mass is 9.92. The molecule has 0 amide bonds. The molecule has 0 heterocycles. The van der Waals surface area contributed by atoms with E-state index in [4.69, 9.17) is 46.4 Å². The lowest BCUT2D eigenvalue weighted by molar-refractivity contribution is -0.141. The molecule has 1 N–H and O–H groups in total. The molecule has 2 aromatic rings. The number of hydrogen-bond acceptors (Lipinski definition) is 3. The van der Waals surface area contributed by atoms with E-state index in [-0.39, 0.29) is 44.1 Å². The molecule has 8 heteroatoms. The number of ketones is 2. The molecule has 0 saturated heterocycles. The second kappa shape index (κ2) is 8.87. The summed E-state index contributed by atoms with van der Waals surface area (Å²) in [5, 5.41) is 10.3. The van der Waals surface area contributed by atoms with E-state index in [9.17, 15) is 19.5 Å². The minimum Gasteiger partial charge on any atom is -0.481 e. The highest BCUT2D eigenvalue weighted by Gasteiger charge is 2.26. The number of carboxylic acid groups (broad SMARTS) is 1. The van der Waals surface area contributed by atoms with Gasteiger partial charge in [-0.15, -0.1) is 0 Å². The fourth-order valence-electron chi connectivity index (χ4n) is 2.27. The number of rotatable bonds is 7. The summed E-state index contributed by atoms with van der Waals surface area (Å²) >= 11 is 23.3. The third-order valence-electron chi connectivity index (χ3n) is 3.70. The van der Waals surface area contributed by atoms with Gasteiger partial charge in [-0.25, -0.2) is 0 Å². The van der Waals surface area contributed by atoms with Gasteiger partial charge in [-0.05, 0) is 36.4 Å². The Kier molecular flexibility index (Phi) is 7.07. The van der Waals surface area contributed by atoms with Gasteiger partial charge in [0.05, 0.1) is 26.0 Å². The maximum atomic E-state index is 12.3. The third kappa shape index (κ3) is 5.21. The predicted molar refractivity (Wildman–Crippen MR) is 102 cm³/mol. The van der Waals surface area contributed by atoms with E-state index < -0.39 is 23.5 Å². The van der Waals surface area contributed by atoms with Gasteiger partial charge in [0.15, 0.2) is 11.6 Å². The molecule has 26 heavy (non-hydrogen) atoms. The van der Waals surface area contributed by atoms with Crippen LogP contribution in [0.4, 0.5) is 0 Å². The third-order valence-corrected chi connectivity index (χ3v) is 5.17.